The zero-order valence-corrected chi connectivity index (χ0v) is 16.8. The number of pyridine rings is 1. The molecule has 146 valence electrons. The van der Waals surface area contributed by atoms with Crippen LogP contribution in [0.25, 0.3) is 11.1 Å². The summed E-state index contributed by atoms with van der Waals surface area (Å²) in [6.45, 7) is 9.82. The maximum atomic E-state index is 13.5. The molecule has 1 aliphatic rings. The van der Waals surface area contributed by atoms with Gasteiger partial charge in [0.15, 0.2) is 6.29 Å². The van der Waals surface area contributed by atoms with E-state index in [0.29, 0.717) is 12.5 Å². The molecule has 2 heterocycles. The van der Waals surface area contributed by atoms with E-state index in [1.165, 1.54) is 12.1 Å². The molecule has 1 fully saturated rings. The molecular weight excluding hydrogens is 341 g/mol. The quantitative estimate of drug-likeness (QED) is 0.608. The molecule has 0 saturated carbocycles. The average Bonchev–Trinajstić information content (AvgIpc) is 2.67. The van der Waals surface area contributed by atoms with Gasteiger partial charge in [0, 0.05) is 23.6 Å². The molecule has 2 aromatic rings. The van der Waals surface area contributed by atoms with Gasteiger partial charge in [0.25, 0.3) is 0 Å². The zero-order chi connectivity index (χ0) is 19.4. The van der Waals surface area contributed by atoms with Crippen molar-refractivity contribution in [2.45, 2.75) is 71.7 Å². The smallest absolute Gasteiger partial charge is 0.158 e. The summed E-state index contributed by atoms with van der Waals surface area (Å²) in [4.78, 5) is 4.94. The first kappa shape index (κ1) is 20.0. The Labute approximate surface area is 161 Å². The second kappa shape index (κ2) is 8.94. The third-order valence-corrected chi connectivity index (χ3v) is 5.02. The van der Waals surface area contributed by atoms with Crippen molar-refractivity contribution >= 4 is 0 Å². The van der Waals surface area contributed by atoms with E-state index in [1.807, 2.05) is 12.1 Å². The van der Waals surface area contributed by atoms with Crippen LogP contribution in [-0.2, 0) is 16.1 Å². The molecule has 0 spiro atoms. The van der Waals surface area contributed by atoms with Gasteiger partial charge in [-0.1, -0.05) is 39.8 Å². The van der Waals surface area contributed by atoms with E-state index in [2.05, 4.69) is 33.8 Å². The van der Waals surface area contributed by atoms with E-state index in [9.17, 15) is 4.39 Å². The summed E-state index contributed by atoms with van der Waals surface area (Å²) < 4.78 is 25.3. The summed E-state index contributed by atoms with van der Waals surface area (Å²) in [6.07, 6.45) is 3.02. The minimum atomic E-state index is -0.227. The van der Waals surface area contributed by atoms with E-state index in [0.717, 1.165) is 53.9 Å². The number of halogens is 1. The van der Waals surface area contributed by atoms with Crippen molar-refractivity contribution in [1.29, 1.82) is 0 Å². The van der Waals surface area contributed by atoms with Crippen LogP contribution < -0.4 is 0 Å². The number of ether oxygens (including phenoxy) is 2. The van der Waals surface area contributed by atoms with Crippen LogP contribution in [-0.4, -0.2) is 17.9 Å². The molecule has 4 heteroatoms. The molecule has 27 heavy (non-hydrogen) atoms. The maximum Gasteiger partial charge on any atom is 0.158 e. The number of rotatable bonds is 6. The molecule has 1 saturated heterocycles. The Morgan fingerprint density at radius 3 is 2.44 bits per heavy atom. The third-order valence-electron chi connectivity index (χ3n) is 5.02. The van der Waals surface area contributed by atoms with E-state index in [-0.39, 0.29) is 18.0 Å². The molecular formula is C23H30FNO2. The van der Waals surface area contributed by atoms with Crippen molar-refractivity contribution < 1.29 is 13.9 Å². The van der Waals surface area contributed by atoms with Gasteiger partial charge in [-0.05, 0) is 60.4 Å². The Morgan fingerprint density at radius 1 is 1.11 bits per heavy atom. The highest BCUT2D eigenvalue weighted by molar-refractivity contribution is 5.69. The largest absolute Gasteiger partial charge is 0.353 e. The molecule has 1 aliphatic heterocycles. The predicted octanol–water partition coefficient (Wildman–Crippen LogP) is 6.18. The van der Waals surface area contributed by atoms with Crippen LogP contribution in [0.3, 0.4) is 0 Å². The Balaban J connectivity index is 2.02. The van der Waals surface area contributed by atoms with Crippen molar-refractivity contribution in [2.24, 2.45) is 0 Å². The number of aromatic nitrogens is 1. The highest BCUT2D eigenvalue weighted by Crippen LogP contribution is 2.33. The molecule has 3 nitrogen and oxygen atoms in total. The van der Waals surface area contributed by atoms with Crippen molar-refractivity contribution in [3.05, 3.63) is 53.1 Å². The lowest BCUT2D eigenvalue weighted by atomic mass is 9.92. The molecule has 0 amide bonds. The van der Waals surface area contributed by atoms with Crippen LogP contribution in [0, 0.1) is 5.82 Å². The second-order valence-electron chi connectivity index (χ2n) is 7.88. The lowest BCUT2D eigenvalue weighted by Gasteiger charge is -2.25. The van der Waals surface area contributed by atoms with Gasteiger partial charge >= 0.3 is 0 Å². The molecule has 0 aliphatic carbocycles. The SMILES string of the molecule is CC(C)c1cc(-c2ccc(F)cc2)c(COC2CCCCO2)c(C(C)C)n1. The van der Waals surface area contributed by atoms with Gasteiger partial charge in [0.1, 0.15) is 5.82 Å². The average molecular weight is 371 g/mol. The van der Waals surface area contributed by atoms with Crippen LogP contribution >= 0.6 is 0 Å². The van der Waals surface area contributed by atoms with Gasteiger partial charge in [-0.25, -0.2) is 4.39 Å². The van der Waals surface area contributed by atoms with Gasteiger partial charge in [-0.15, -0.1) is 0 Å². The normalized spacial score (nSPS) is 17.7. The monoisotopic (exact) mass is 371 g/mol. The van der Waals surface area contributed by atoms with Crippen LogP contribution in [0.2, 0.25) is 0 Å². The molecule has 1 unspecified atom stereocenters. The van der Waals surface area contributed by atoms with Crippen LogP contribution in [0.15, 0.2) is 30.3 Å². The molecule has 1 aromatic heterocycles. The van der Waals surface area contributed by atoms with Crippen LogP contribution in [0.4, 0.5) is 4.39 Å². The Morgan fingerprint density at radius 2 is 1.85 bits per heavy atom. The summed E-state index contributed by atoms with van der Waals surface area (Å²) >= 11 is 0. The van der Waals surface area contributed by atoms with Crippen LogP contribution in [0.1, 0.15) is 75.7 Å². The number of hydrogen-bond donors (Lipinski definition) is 0. The summed E-state index contributed by atoms with van der Waals surface area (Å²) in [6, 6.07) is 8.81. The van der Waals surface area contributed by atoms with Gasteiger partial charge in [-0.2, -0.15) is 0 Å². The number of benzene rings is 1. The van der Waals surface area contributed by atoms with Crippen molar-refractivity contribution in [1.82, 2.24) is 4.98 Å². The Bertz CT molecular complexity index is 750. The molecule has 0 N–H and O–H groups in total. The molecule has 3 rings (SSSR count). The number of hydrogen-bond acceptors (Lipinski definition) is 3. The highest BCUT2D eigenvalue weighted by atomic mass is 19.1. The lowest BCUT2D eigenvalue weighted by Crippen LogP contribution is -2.22. The summed E-state index contributed by atoms with van der Waals surface area (Å²) in [5, 5.41) is 0. The van der Waals surface area contributed by atoms with Crippen molar-refractivity contribution in [3.63, 3.8) is 0 Å². The Hall–Kier alpha value is -1.78. The fourth-order valence-corrected chi connectivity index (χ4v) is 3.44. The zero-order valence-electron chi connectivity index (χ0n) is 16.8. The lowest BCUT2D eigenvalue weighted by molar-refractivity contribution is -0.169. The summed E-state index contributed by atoms with van der Waals surface area (Å²) in [5.74, 6) is 0.362. The van der Waals surface area contributed by atoms with Gasteiger partial charge in [0.05, 0.1) is 6.61 Å². The van der Waals surface area contributed by atoms with Crippen LogP contribution in [0.5, 0.6) is 0 Å². The fraction of sp³-hybridized carbons (Fsp3) is 0.522. The minimum absolute atomic E-state index is 0.149. The van der Waals surface area contributed by atoms with Gasteiger partial charge in [-0.3, -0.25) is 4.98 Å². The van der Waals surface area contributed by atoms with Gasteiger partial charge < -0.3 is 9.47 Å². The van der Waals surface area contributed by atoms with Crippen molar-refractivity contribution in [3.8, 4) is 11.1 Å². The first-order chi connectivity index (χ1) is 13.0. The Kier molecular flexibility index (Phi) is 6.61. The van der Waals surface area contributed by atoms with E-state index >= 15 is 0 Å². The molecule has 0 bridgehead atoms. The predicted molar refractivity (Wildman–Crippen MR) is 106 cm³/mol. The standard InChI is InChI=1S/C23H30FNO2/c1-15(2)21-13-19(17-8-10-18(24)11-9-17)20(23(25-21)16(3)4)14-27-22-7-5-6-12-26-22/h8-11,13,15-16,22H,5-7,12,14H2,1-4H3. The molecule has 1 aromatic carbocycles. The van der Waals surface area contributed by atoms with E-state index in [4.69, 9.17) is 14.5 Å². The first-order valence-electron chi connectivity index (χ1n) is 9.98. The maximum absolute atomic E-state index is 13.5. The molecule has 0 radical (unpaired) electrons. The van der Waals surface area contributed by atoms with E-state index < -0.39 is 0 Å². The molecule has 1 atom stereocenters. The fourth-order valence-electron chi connectivity index (χ4n) is 3.44. The first-order valence-corrected chi connectivity index (χ1v) is 9.98. The topological polar surface area (TPSA) is 31.4 Å². The number of nitrogens with zero attached hydrogens (tertiary/aromatic N) is 1. The van der Waals surface area contributed by atoms with Gasteiger partial charge in [0.2, 0.25) is 0 Å². The highest BCUT2D eigenvalue weighted by Gasteiger charge is 2.21. The minimum Gasteiger partial charge on any atom is -0.353 e. The summed E-state index contributed by atoms with van der Waals surface area (Å²) in [7, 11) is 0. The third kappa shape index (κ3) is 4.94. The van der Waals surface area contributed by atoms with Crippen molar-refractivity contribution in [2.75, 3.05) is 6.61 Å². The van der Waals surface area contributed by atoms with E-state index in [1.54, 1.807) is 0 Å². The summed E-state index contributed by atoms with van der Waals surface area (Å²) in [5.41, 5.74) is 5.25. The second-order valence-corrected chi connectivity index (χ2v) is 7.88.